The molecule has 0 aromatic rings. The van der Waals surface area contributed by atoms with Gasteiger partial charge in [-0.25, -0.2) is 17.7 Å². The van der Waals surface area contributed by atoms with E-state index < -0.39 is 17.6 Å². The van der Waals surface area contributed by atoms with Crippen molar-refractivity contribution in [1.82, 2.24) is 4.67 Å². The molecule has 120 valence electrons. The molecular weight excluding hydrogens is 301 g/mol. The average Bonchev–Trinajstić information content (AvgIpc) is 2.70. The summed E-state index contributed by atoms with van der Waals surface area (Å²) in [5.74, 6) is 0.194. The van der Waals surface area contributed by atoms with Crippen molar-refractivity contribution in [2.75, 3.05) is 31.3 Å². The van der Waals surface area contributed by atoms with Gasteiger partial charge in [0.15, 0.2) is 9.84 Å². The van der Waals surface area contributed by atoms with Crippen LogP contribution in [-0.4, -0.2) is 50.4 Å². The zero-order valence-electron chi connectivity index (χ0n) is 12.6. The fourth-order valence-electron chi connectivity index (χ4n) is 2.35. The van der Waals surface area contributed by atoms with Crippen molar-refractivity contribution in [1.29, 1.82) is 0 Å². The van der Waals surface area contributed by atoms with Crippen molar-refractivity contribution in [2.24, 2.45) is 0 Å². The molecule has 20 heavy (non-hydrogen) atoms. The van der Waals surface area contributed by atoms with Crippen molar-refractivity contribution >= 4 is 17.6 Å². The Bertz CT molecular complexity index is 429. The minimum atomic E-state index is -3.40. The van der Waals surface area contributed by atoms with Crippen molar-refractivity contribution in [3.8, 4) is 0 Å². The molecule has 0 spiro atoms. The molecule has 0 aromatic heterocycles. The lowest BCUT2D eigenvalue weighted by atomic mass is 10.2. The van der Waals surface area contributed by atoms with Gasteiger partial charge in [-0.3, -0.25) is 9.05 Å². The molecule has 6 nitrogen and oxygen atoms in total. The molecule has 0 bridgehead atoms. The number of hydrogen-bond acceptors (Lipinski definition) is 5. The maximum atomic E-state index is 12.9. The van der Waals surface area contributed by atoms with Crippen LogP contribution in [0.2, 0.25) is 0 Å². The molecule has 0 radical (unpaired) electrons. The fraction of sp³-hybridized carbons (Fsp3) is 1.00. The molecule has 0 unspecified atom stereocenters. The second-order valence-electron chi connectivity index (χ2n) is 4.88. The SMILES string of the molecule is CCCCN([C@@H]1CCS(=O)(=O)C1)P(=O)(OCC)OCC. The molecule has 1 aliphatic rings. The summed E-state index contributed by atoms with van der Waals surface area (Å²) in [4.78, 5) is 0. The van der Waals surface area contributed by atoms with Gasteiger partial charge in [0.2, 0.25) is 0 Å². The highest BCUT2D eigenvalue weighted by atomic mass is 32.2. The second kappa shape index (κ2) is 7.90. The van der Waals surface area contributed by atoms with Crippen LogP contribution in [0.1, 0.15) is 40.0 Å². The Morgan fingerprint density at radius 3 is 2.20 bits per heavy atom. The van der Waals surface area contributed by atoms with E-state index in [9.17, 15) is 13.0 Å². The maximum absolute atomic E-state index is 12.9. The summed E-state index contributed by atoms with van der Waals surface area (Å²) < 4.78 is 48.6. The number of sulfone groups is 1. The van der Waals surface area contributed by atoms with E-state index >= 15 is 0 Å². The van der Waals surface area contributed by atoms with E-state index in [0.717, 1.165) is 12.8 Å². The van der Waals surface area contributed by atoms with E-state index in [1.807, 2.05) is 6.92 Å². The molecule has 1 atom stereocenters. The quantitative estimate of drug-likeness (QED) is 0.606. The molecule has 0 aliphatic carbocycles. The van der Waals surface area contributed by atoms with Gasteiger partial charge in [0.25, 0.3) is 0 Å². The van der Waals surface area contributed by atoms with Gasteiger partial charge < -0.3 is 0 Å². The standard InChI is InChI=1S/C12H26NO5PS/c1-4-7-9-13(12-8-10-20(15,16)11-12)19(14,17-5-2)18-6-3/h12H,4-11H2,1-3H3/t12-/m1/s1. The van der Waals surface area contributed by atoms with Crippen LogP contribution in [-0.2, 0) is 23.4 Å². The van der Waals surface area contributed by atoms with Crippen molar-refractivity contribution in [3.05, 3.63) is 0 Å². The van der Waals surface area contributed by atoms with Gasteiger partial charge in [0.1, 0.15) is 0 Å². The third kappa shape index (κ3) is 4.81. The molecular formula is C12H26NO5PS. The van der Waals surface area contributed by atoms with Crippen LogP contribution >= 0.6 is 7.75 Å². The minimum Gasteiger partial charge on any atom is -0.297 e. The average molecular weight is 327 g/mol. The summed E-state index contributed by atoms with van der Waals surface area (Å²) in [6.07, 6.45) is 2.27. The van der Waals surface area contributed by atoms with Crippen LogP contribution < -0.4 is 0 Å². The van der Waals surface area contributed by atoms with Gasteiger partial charge in [-0.15, -0.1) is 0 Å². The Hall–Kier alpha value is 0.0600. The van der Waals surface area contributed by atoms with Crippen LogP contribution in [0.15, 0.2) is 0 Å². The molecule has 1 fully saturated rings. The van der Waals surface area contributed by atoms with Gasteiger partial charge in [-0.05, 0) is 26.7 Å². The molecule has 0 N–H and O–H groups in total. The highest BCUT2D eigenvalue weighted by Crippen LogP contribution is 2.54. The third-order valence-electron chi connectivity index (χ3n) is 3.27. The Morgan fingerprint density at radius 1 is 1.20 bits per heavy atom. The highest BCUT2D eigenvalue weighted by molar-refractivity contribution is 7.91. The largest absolute Gasteiger partial charge is 0.408 e. The lowest BCUT2D eigenvalue weighted by molar-refractivity contribution is 0.151. The Kier molecular flexibility index (Phi) is 7.15. The smallest absolute Gasteiger partial charge is 0.297 e. The van der Waals surface area contributed by atoms with Gasteiger partial charge in [-0.1, -0.05) is 13.3 Å². The van der Waals surface area contributed by atoms with E-state index in [-0.39, 0.29) is 30.8 Å². The van der Waals surface area contributed by atoms with E-state index in [2.05, 4.69) is 0 Å². The summed E-state index contributed by atoms with van der Waals surface area (Å²) >= 11 is 0. The maximum Gasteiger partial charge on any atom is 0.408 e. The van der Waals surface area contributed by atoms with Crippen LogP contribution in [0, 0.1) is 0 Å². The predicted octanol–water partition coefficient (Wildman–Crippen LogP) is 2.46. The molecule has 1 saturated heterocycles. The molecule has 8 heteroatoms. The molecule has 0 amide bonds. The zero-order chi connectivity index (χ0) is 15.2. The number of nitrogens with zero attached hydrogens (tertiary/aromatic N) is 1. The molecule has 0 saturated carbocycles. The van der Waals surface area contributed by atoms with E-state index in [4.69, 9.17) is 9.05 Å². The highest BCUT2D eigenvalue weighted by Gasteiger charge is 2.42. The van der Waals surface area contributed by atoms with Gasteiger partial charge in [-0.2, -0.15) is 0 Å². The van der Waals surface area contributed by atoms with Gasteiger partial charge in [0, 0.05) is 12.6 Å². The lowest BCUT2D eigenvalue weighted by Crippen LogP contribution is -2.35. The molecule has 0 aromatic carbocycles. The van der Waals surface area contributed by atoms with Crippen LogP contribution in [0.3, 0.4) is 0 Å². The van der Waals surface area contributed by atoms with Gasteiger partial charge >= 0.3 is 7.75 Å². The van der Waals surface area contributed by atoms with E-state index in [0.29, 0.717) is 13.0 Å². The molecule has 1 heterocycles. The van der Waals surface area contributed by atoms with E-state index in [1.54, 1.807) is 18.5 Å². The van der Waals surface area contributed by atoms with Crippen molar-refractivity contribution < 1.29 is 22.0 Å². The van der Waals surface area contributed by atoms with Crippen molar-refractivity contribution in [2.45, 2.75) is 46.1 Å². The minimum absolute atomic E-state index is 0.0425. The Morgan fingerprint density at radius 2 is 1.80 bits per heavy atom. The third-order valence-corrected chi connectivity index (χ3v) is 7.34. The first-order valence-corrected chi connectivity index (χ1v) is 10.6. The van der Waals surface area contributed by atoms with Crippen LogP contribution in [0.5, 0.6) is 0 Å². The van der Waals surface area contributed by atoms with Crippen LogP contribution in [0.4, 0.5) is 0 Å². The Labute approximate surface area is 122 Å². The van der Waals surface area contributed by atoms with Crippen molar-refractivity contribution in [3.63, 3.8) is 0 Å². The molecule has 1 aliphatic heterocycles. The number of rotatable bonds is 9. The number of unbranched alkanes of at least 4 members (excludes halogenated alkanes) is 1. The fourth-order valence-corrected chi connectivity index (χ4v) is 6.20. The van der Waals surface area contributed by atoms with Crippen LogP contribution in [0.25, 0.3) is 0 Å². The zero-order valence-corrected chi connectivity index (χ0v) is 14.3. The monoisotopic (exact) mass is 327 g/mol. The van der Waals surface area contributed by atoms with E-state index in [1.165, 1.54) is 0 Å². The topological polar surface area (TPSA) is 72.9 Å². The van der Waals surface area contributed by atoms with Gasteiger partial charge in [0.05, 0.1) is 24.7 Å². The Balaban J connectivity index is 2.94. The summed E-state index contributed by atoms with van der Waals surface area (Å²) in [6.45, 7) is 6.65. The summed E-state index contributed by atoms with van der Waals surface area (Å²) in [5.41, 5.74) is 0. The first kappa shape index (κ1) is 18.1. The predicted molar refractivity (Wildman–Crippen MR) is 79.5 cm³/mol. The molecule has 1 rings (SSSR count). The summed E-state index contributed by atoms with van der Waals surface area (Å²) in [7, 11) is -6.43. The first-order valence-electron chi connectivity index (χ1n) is 7.25. The summed E-state index contributed by atoms with van der Waals surface area (Å²) in [6, 6.07) is -0.268. The summed E-state index contributed by atoms with van der Waals surface area (Å²) in [5, 5.41) is 0. The second-order valence-corrected chi connectivity index (χ2v) is 9.07. The number of hydrogen-bond donors (Lipinski definition) is 0. The normalized spacial score (nSPS) is 22.5. The first-order chi connectivity index (χ1) is 9.38. The lowest BCUT2D eigenvalue weighted by Gasteiger charge is -2.33.